The standard InChI is InChI=1S/C14H21N3O/c15-13-5-2-1-4-12(13)6-7-14(18)17-10-3-8-16-9-11-17/h1-2,4-5,16H,3,6-11,15H2. The van der Waals surface area contributed by atoms with E-state index in [4.69, 9.17) is 5.73 Å². The highest BCUT2D eigenvalue weighted by molar-refractivity contribution is 5.76. The molecule has 2 rings (SSSR count). The van der Waals surface area contributed by atoms with Gasteiger partial charge in [0.05, 0.1) is 0 Å². The Morgan fingerprint density at radius 1 is 1.28 bits per heavy atom. The van der Waals surface area contributed by atoms with Crippen molar-refractivity contribution in [2.24, 2.45) is 0 Å². The number of carbonyl (C=O) groups excluding carboxylic acids is 1. The summed E-state index contributed by atoms with van der Waals surface area (Å²) in [7, 11) is 0. The van der Waals surface area contributed by atoms with Gasteiger partial charge < -0.3 is 16.0 Å². The van der Waals surface area contributed by atoms with Crippen LogP contribution in [0.15, 0.2) is 24.3 Å². The smallest absolute Gasteiger partial charge is 0.222 e. The molecule has 1 saturated heterocycles. The minimum absolute atomic E-state index is 0.238. The SMILES string of the molecule is Nc1ccccc1CCC(=O)N1CCCNCC1. The fourth-order valence-corrected chi connectivity index (χ4v) is 2.26. The second-order valence-electron chi connectivity index (χ2n) is 4.68. The maximum atomic E-state index is 12.1. The first-order valence-corrected chi connectivity index (χ1v) is 6.59. The summed E-state index contributed by atoms with van der Waals surface area (Å²) >= 11 is 0. The molecule has 1 amide bonds. The molecule has 0 aliphatic carbocycles. The van der Waals surface area contributed by atoms with Crippen molar-refractivity contribution in [2.75, 3.05) is 31.9 Å². The maximum Gasteiger partial charge on any atom is 0.222 e. The van der Waals surface area contributed by atoms with Gasteiger partial charge in [0.1, 0.15) is 0 Å². The average molecular weight is 247 g/mol. The minimum Gasteiger partial charge on any atom is -0.399 e. The molecule has 0 aromatic heterocycles. The second-order valence-corrected chi connectivity index (χ2v) is 4.68. The van der Waals surface area contributed by atoms with Crippen LogP contribution in [0, 0.1) is 0 Å². The van der Waals surface area contributed by atoms with Gasteiger partial charge in [-0.1, -0.05) is 18.2 Å². The molecule has 1 aliphatic rings. The fourth-order valence-electron chi connectivity index (χ4n) is 2.26. The van der Waals surface area contributed by atoms with E-state index in [1.165, 1.54) is 0 Å². The van der Waals surface area contributed by atoms with Gasteiger partial charge in [0.25, 0.3) is 0 Å². The van der Waals surface area contributed by atoms with Crippen LogP contribution in [0.5, 0.6) is 0 Å². The lowest BCUT2D eigenvalue weighted by Crippen LogP contribution is -2.34. The van der Waals surface area contributed by atoms with E-state index in [0.717, 1.165) is 50.3 Å². The third-order valence-corrected chi connectivity index (χ3v) is 3.36. The van der Waals surface area contributed by atoms with Gasteiger partial charge in [-0.05, 0) is 31.0 Å². The zero-order chi connectivity index (χ0) is 12.8. The number of nitrogens with one attached hydrogen (secondary N) is 1. The van der Waals surface area contributed by atoms with Gasteiger partial charge in [-0.25, -0.2) is 0 Å². The van der Waals surface area contributed by atoms with Crippen LogP contribution < -0.4 is 11.1 Å². The van der Waals surface area contributed by atoms with Crippen LogP contribution in [0.4, 0.5) is 5.69 Å². The lowest BCUT2D eigenvalue weighted by molar-refractivity contribution is -0.130. The summed E-state index contributed by atoms with van der Waals surface area (Å²) in [6.45, 7) is 3.60. The first-order chi connectivity index (χ1) is 8.77. The van der Waals surface area contributed by atoms with Crippen molar-refractivity contribution in [3.63, 3.8) is 0 Å². The maximum absolute atomic E-state index is 12.1. The number of hydrogen-bond donors (Lipinski definition) is 2. The summed E-state index contributed by atoms with van der Waals surface area (Å²) < 4.78 is 0. The predicted molar refractivity (Wildman–Crippen MR) is 73.2 cm³/mol. The number of nitrogens with two attached hydrogens (primary N) is 1. The Balaban J connectivity index is 1.86. The van der Waals surface area contributed by atoms with E-state index in [1.54, 1.807) is 0 Å². The molecule has 1 aliphatic heterocycles. The Bertz CT molecular complexity index is 398. The number of anilines is 1. The number of aryl methyl sites for hydroxylation is 1. The normalized spacial score (nSPS) is 16.3. The second kappa shape index (κ2) is 6.40. The molecule has 4 nitrogen and oxygen atoms in total. The van der Waals surface area contributed by atoms with Crippen LogP contribution >= 0.6 is 0 Å². The van der Waals surface area contributed by atoms with Crippen molar-refractivity contribution in [1.29, 1.82) is 0 Å². The molecule has 18 heavy (non-hydrogen) atoms. The van der Waals surface area contributed by atoms with Crippen molar-refractivity contribution < 1.29 is 4.79 Å². The number of hydrogen-bond acceptors (Lipinski definition) is 3. The molecular weight excluding hydrogens is 226 g/mol. The van der Waals surface area contributed by atoms with Crippen LogP contribution in [-0.2, 0) is 11.2 Å². The van der Waals surface area contributed by atoms with Crippen LogP contribution in [0.25, 0.3) is 0 Å². The molecule has 0 bridgehead atoms. The van der Waals surface area contributed by atoms with E-state index in [9.17, 15) is 4.79 Å². The van der Waals surface area contributed by atoms with Crippen molar-refractivity contribution >= 4 is 11.6 Å². The highest BCUT2D eigenvalue weighted by Gasteiger charge is 2.15. The van der Waals surface area contributed by atoms with Gasteiger partial charge in [0.15, 0.2) is 0 Å². The van der Waals surface area contributed by atoms with Crippen LogP contribution in [-0.4, -0.2) is 37.0 Å². The molecule has 98 valence electrons. The van der Waals surface area contributed by atoms with E-state index < -0.39 is 0 Å². The van der Waals surface area contributed by atoms with Gasteiger partial charge in [0, 0.05) is 31.7 Å². The number of nitrogens with zero attached hydrogens (tertiary/aromatic N) is 1. The van der Waals surface area contributed by atoms with Crippen LogP contribution in [0.1, 0.15) is 18.4 Å². The number of benzene rings is 1. The van der Waals surface area contributed by atoms with Gasteiger partial charge in [-0.3, -0.25) is 4.79 Å². The van der Waals surface area contributed by atoms with E-state index >= 15 is 0 Å². The number of nitrogen functional groups attached to an aromatic ring is 1. The Kier molecular flexibility index (Phi) is 4.59. The van der Waals surface area contributed by atoms with Crippen LogP contribution in [0.2, 0.25) is 0 Å². The zero-order valence-electron chi connectivity index (χ0n) is 10.7. The van der Waals surface area contributed by atoms with E-state index in [1.807, 2.05) is 29.2 Å². The molecule has 3 N–H and O–H groups in total. The monoisotopic (exact) mass is 247 g/mol. The first-order valence-electron chi connectivity index (χ1n) is 6.59. The van der Waals surface area contributed by atoms with E-state index in [2.05, 4.69) is 5.32 Å². The number of amides is 1. The quantitative estimate of drug-likeness (QED) is 0.784. The first kappa shape index (κ1) is 12.9. The molecule has 0 unspecified atom stereocenters. The topological polar surface area (TPSA) is 58.4 Å². The minimum atomic E-state index is 0.238. The van der Waals surface area contributed by atoms with Crippen molar-refractivity contribution in [1.82, 2.24) is 10.2 Å². The summed E-state index contributed by atoms with van der Waals surface area (Å²) in [6, 6.07) is 7.76. The van der Waals surface area contributed by atoms with Crippen molar-refractivity contribution in [3.05, 3.63) is 29.8 Å². The lowest BCUT2D eigenvalue weighted by atomic mass is 10.1. The largest absolute Gasteiger partial charge is 0.399 e. The summed E-state index contributed by atoms with van der Waals surface area (Å²) in [5, 5.41) is 3.30. The third-order valence-electron chi connectivity index (χ3n) is 3.36. The highest BCUT2D eigenvalue weighted by Crippen LogP contribution is 2.13. The van der Waals surface area contributed by atoms with Gasteiger partial charge in [-0.2, -0.15) is 0 Å². The molecule has 1 aromatic rings. The molecule has 0 radical (unpaired) electrons. The van der Waals surface area contributed by atoms with E-state index in [0.29, 0.717) is 6.42 Å². The van der Waals surface area contributed by atoms with Crippen molar-refractivity contribution in [2.45, 2.75) is 19.3 Å². The molecule has 1 heterocycles. The molecule has 1 aromatic carbocycles. The van der Waals surface area contributed by atoms with E-state index in [-0.39, 0.29) is 5.91 Å². The van der Waals surface area contributed by atoms with Gasteiger partial charge >= 0.3 is 0 Å². The Morgan fingerprint density at radius 3 is 2.94 bits per heavy atom. The van der Waals surface area contributed by atoms with Crippen molar-refractivity contribution in [3.8, 4) is 0 Å². The zero-order valence-corrected chi connectivity index (χ0v) is 10.7. The van der Waals surface area contributed by atoms with Gasteiger partial charge in [0.2, 0.25) is 5.91 Å². The number of rotatable bonds is 3. The summed E-state index contributed by atoms with van der Waals surface area (Å²) in [5.74, 6) is 0.238. The average Bonchev–Trinajstić information content (AvgIpc) is 2.66. The Labute approximate surface area is 108 Å². The Morgan fingerprint density at radius 2 is 2.11 bits per heavy atom. The highest BCUT2D eigenvalue weighted by atomic mass is 16.2. The predicted octanol–water partition coefficient (Wildman–Crippen LogP) is 1.02. The third kappa shape index (κ3) is 3.47. The molecule has 0 atom stereocenters. The molecule has 0 spiro atoms. The number of carbonyl (C=O) groups is 1. The van der Waals surface area contributed by atoms with Gasteiger partial charge in [-0.15, -0.1) is 0 Å². The Hall–Kier alpha value is -1.55. The summed E-state index contributed by atoms with van der Waals surface area (Å²) in [4.78, 5) is 14.1. The molecule has 1 fully saturated rings. The van der Waals surface area contributed by atoms with Crippen LogP contribution in [0.3, 0.4) is 0 Å². The molecular formula is C14H21N3O. The fraction of sp³-hybridized carbons (Fsp3) is 0.500. The molecule has 4 heteroatoms. The summed E-state index contributed by atoms with van der Waals surface area (Å²) in [5.41, 5.74) is 7.72. The number of para-hydroxylation sites is 1. The molecule has 0 saturated carbocycles. The lowest BCUT2D eigenvalue weighted by Gasteiger charge is -2.20. The summed E-state index contributed by atoms with van der Waals surface area (Å²) in [6.07, 6.45) is 2.32.